The smallest absolute Gasteiger partial charge is 0.409 e. The topological polar surface area (TPSA) is 116 Å². The molecule has 2 aromatic heterocycles. The van der Waals surface area contributed by atoms with Gasteiger partial charge < -0.3 is 24.9 Å². The van der Waals surface area contributed by atoms with E-state index in [1.165, 1.54) is 12.1 Å². The van der Waals surface area contributed by atoms with E-state index in [1.54, 1.807) is 18.3 Å². The Morgan fingerprint density at radius 1 is 1.12 bits per heavy atom. The Hall–Kier alpha value is -3.60. The number of rotatable bonds is 8. The normalized spacial score (nSPS) is 29.2. The van der Waals surface area contributed by atoms with Gasteiger partial charge in [-0.1, -0.05) is 22.4 Å². The van der Waals surface area contributed by atoms with Crippen molar-refractivity contribution in [3.05, 3.63) is 65.2 Å². The summed E-state index contributed by atoms with van der Waals surface area (Å²) in [5.74, 6) is 2.26. The predicted molar refractivity (Wildman–Crippen MR) is 141 cm³/mol. The van der Waals surface area contributed by atoms with E-state index in [2.05, 4.69) is 15.0 Å². The van der Waals surface area contributed by atoms with Gasteiger partial charge in [0, 0.05) is 39.9 Å². The average Bonchev–Trinajstić information content (AvgIpc) is 3.65. The van der Waals surface area contributed by atoms with Crippen LogP contribution in [0.25, 0.3) is 11.3 Å². The van der Waals surface area contributed by atoms with Gasteiger partial charge in [0.2, 0.25) is 0 Å². The lowest BCUT2D eigenvalue weighted by atomic mass is 9.52. The van der Waals surface area contributed by atoms with E-state index in [1.807, 2.05) is 12.1 Å². The van der Waals surface area contributed by atoms with Crippen molar-refractivity contribution < 1.29 is 32.4 Å². The zero-order chi connectivity index (χ0) is 28.4. The minimum atomic E-state index is -4.81. The van der Waals surface area contributed by atoms with Gasteiger partial charge in [0.1, 0.15) is 17.2 Å². The van der Waals surface area contributed by atoms with Gasteiger partial charge in [-0.15, -0.1) is 13.2 Å². The number of hydrogen-bond acceptors (Lipinski definition) is 7. The molecule has 2 heterocycles. The summed E-state index contributed by atoms with van der Waals surface area (Å²) < 4.78 is 55.9. The van der Waals surface area contributed by atoms with Crippen molar-refractivity contribution >= 4 is 5.84 Å². The Balaban J connectivity index is 1.08. The van der Waals surface area contributed by atoms with E-state index in [9.17, 15) is 13.2 Å². The van der Waals surface area contributed by atoms with Crippen LogP contribution < -0.4 is 10.5 Å². The van der Waals surface area contributed by atoms with Crippen molar-refractivity contribution in [2.75, 3.05) is 0 Å². The highest BCUT2D eigenvalue weighted by atomic mass is 19.4. The van der Waals surface area contributed by atoms with Gasteiger partial charge in [-0.3, -0.25) is 4.98 Å². The molecule has 8 nitrogen and oxygen atoms in total. The van der Waals surface area contributed by atoms with Crippen molar-refractivity contribution in [3.63, 3.8) is 0 Å². The summed E-state index contributed by atoms with van der Waals surface area (Å²) in [6.07, 6.45) is 3.98. The molecule has 0 spiro atoms. The van der Waals surface area contributed by atoms with Crippen molar-refractivity contribution in [1.29, 1.82) is 0 Å². The van der Waals surface area contributed by atoms with Crippen LogP contribution in [0.3, 0.4) is 0 Å². The molecule has 41 heavy (non-hydrogen) atoms. The number of pyridine rings is 1. The summed E-state index contributed by atoms with van der Waals surface area (Å²) in [6, 6.07) is 9.92. The van der Waals surface area contributed by atoms with Crippen LogP contribution in [0.2, 0.25) is 0 Å². The third-order valence-electron chi connectivity index (χ3n) is 9.58. The first-order valence-electron chi connectivity index (χ1n) is 14.1. The SMILES string of the molecule is N/C(=N\O)c1ccc(C23C[C@H]4CC2[C@H](C[C@@H](OCc2c(-c5ccccc5OC(F)(F)F)noc2C2CC2)C4)C3)nc1. The zero-order valence-corrected chi connectivity index (χ0v) is 22.3. The molecule has 5 atom stereocenters. The number of oxime groups is 1. The maximum atomic E-state index is 13.1. The second-order valence-electron chi connectivity index (χ2n) is 12.0. The van der Waals surface area contributed by atoms with Crippen LogP contribution in [-0.2, 0) is 16.8 Å². The number of amidine groups is 1. The Bertz CT molecular complexity index is 1470. The quantitative estimate of drug-likeness (QED) is 0.142. The summed E-state index contributed by atoms with van der Waals surface area (Å²) in [7, 11) is 0. The molecular formula is C30H31F3N4O4. The van der Waals surface area contributed by atoms with Crippen LogP contribution in [0.4, 0.5) is 13.2 Å². The summed E-state index contributed by atoms with van der Waals surface area (Å²) in [6.45, 7) is 0.238. The highest BCUT2D eigenvalue weighted by Crippen LogP contribution is 2.66. The molecule has 3 N–H and O–H groups in total. The van der Waals surface area contributed by atoms with E-state index >= 15 is 0 Å². The van der Waals surface area contributed by atoms with Gasteiger partial charge in [0.15, 0.2) is 5.84 Å². The molecule has 2 bridgehead atoms. The van der Waals surface area contributed by atoms with Gasteiger partial charge in [0.25, 0.3) is 0 Å². The van der Waals surface area contributed by atoms with Gasteiger partial charge in [-0.2, -0.15) is 0 Å². The van der Waals surface area contributed by atoms with Crippen molar-refractivity contribution in [1.82, 2.24) is 10.1 Å². The second kappa shape index (κ2) is 9.75. The lowest BCUT2D eigenvalue weighted by molar-refractivity contribution is -0.274. The van der Waals surface area contributed by atoms with Crippen LogP contribution in [0.1, 0.15) is 73.4 Å². The number of ether oxygens (including phenoxy) is 2. The second-order valence-corrected chi connectivity index (χ2v) is 12.0. The number of alkyl halides is 3. The fourth-order valence-corrected chi connectivity index (χ4v) is 7.74. The average molecular weight is 569 g/mol. The standard InChI is InChI=1S/C30H31F3N4O4/c31-30(32,33)40-24-4-2-1-3-21(24)26-22(27(41-37-26)17-5-6-17)15-39-20-9-16-10-23-19(11-20)13-29(23,12-16)25-8-7-18(14-35-25)28(34)36-38/h1-4,7-8,14,16-17,19-20,23,38H,5-6,9-13,15H2,(H2,34,36)/t16-,19-,20+,23?,29?/m1/s1. The maximum absolute atomic E-state index is 13.1. The van der Waals surface area contributed by atoms with Crippen LogP contribution in [0, 0.1) is 17.8 Å². The number of nitrogens with zero attached hydrogens (tertiary/aromatic N) is 3. The van der Waals surface area contributed by atoms with Gasteiger partial charge in [-0.05, 0) is 87.0 Å². The number of para-hydroxylation sites is 1. The molecule has 1 aromatic carbocycles. The first kappa shape index (κ1) is 26.3. The third-order valence-corrected chi connectivity index (χ3v) is 9.58. The number of hydrogen-bond donors (Lipinski definition) is 2. The molecule has 0 saturated heterocycles. The number of benzene rings is 1. The van der Waals surface area contributed by atoms with Gasteiger partial charge in [-0.25, -0.2) is 0 Å². The fraction of sp³-hybridized carbons (Fsp3) is 0.500. The molecule has 3 aromatic rings. The Morgan fingerprint density at radius 2 is 1.95 bits per heavy atom. The summed E-state index contributed by atoms with van der Waals surface area (Å²) in [5.41, 5.74) is 8.79. The maximum Gasteiger partial charge on any atom is 0.573 e. The number of fused-ring (bicyclic) bond motifs is 1. The van der Waals surface area contributed by atoms with Crippen LogP contribution in [-0.4, -0.2) is 33.6 Å². The van der Waals surface area contributed by atoms with E-state index in [4.69, 9.17) is 25.2 Å². The monoisotopic (exact) mass is 568 g/mol. The van der Waals surface area contributed by atoms with Gasteiger partial charge in [0.05, 0.1) is 12.7 Å². The molecule has 0 amide bonds. The number of aromatic nitrogens is 2. The summed E-state index contributed by atoms with van der Waals surface area (Å²) >= 11 is 0. The third kappa shape index (κ3) is 4.73. The molecule has 4 saturated carbocycles. The Morgan fingerprint density at radius 3 is 2.68 bits per heavy atom. The first-order chi connectivity index (χ1) is 19.7. The molecule has 2 unspecified atom stereocenters. The number of halogens is 3. The van der Waals surface area contributed by atoms with Crippen molar-refractivity contribution in [2.45, 2.75) is 75.4 Å². The first-order valence-corrected chi connectivity index (χ1v) is 14.1. The highest BCUT2D eigenvalue weighted by Gasteiger charge is 2.62. The Kier molecular flexibility index (Phi) is 6.26. The lowest BCUT2D eigenvalue weighted by Crippen LogP contribution is -2.50. The van der Waals surface area contributed by atoms with Crippen LogP contribution in [0.15, 0.2) is 52.3 Å². The summed E-state index contributed by atoms with van der Waals surface area (Å²) in [4.78, 5) is 4.72. The fourth-order valence-electron chi connectivity index (χ4n) is 7.74. The highest BCUT2D eigenvalue weighted by molar-refractivity contribution is 5.96. The van der Waals surface area contributed by atoms with E-state index in [0.717, 1.165) is 56.2 Å². The molecule has 11 heteroatoms. The molecular weight excluding hydrogens is 537 g/mol. The van der Waals surface area contributed by atoms with E-state index in [0.29, 0.717) is 34.8 Å². The molecule has 0 radical (unpaired) electrons. The number of nitrogens with two attached hydrogens (primary N) is 1. The van der Waals surface area contributed by atoms with Crippen molar-refractivity contribution in [3.8, 4) is 17.0 Å². The molecule has 4 aliphatic rings. The molecule has 0 aliphatic heterocycles. The van der Waals surface area contributed by atoms with Crippen LogP contribution >= 0.6 is 0 Å². The zero-order valence-electron chi connectivity index (χ0n) is 22.3. The summed E-state index contributed by atoms with van der Waals surface area (Å²) in [5, 5.41) is 16.2. The minimum absolute atomic E-state index is 0.0483. The van der Waals surface area contributed by atoms with E-state index in [-0.39, 0.29) is 41.2 Å². The molecule has 4 aliphatic carbocycles. The molecule has 4 fully saturated rings. The molecule has 216 valence electrons. The van der Waals surface area contributed by atoms with Gasteiger partial charge >= 0.3 is 6.36 Å². The van der Waals surface area contributed by atoms with E-state index < -0.39 is 6.36 Å². The minimum Gasteiger partial charge on any atom is -0.409 e. The lowest BCUT2D eigenvalue weighted by Gasteiger charge is -2.53. The van der Waals surface area contributed by atoms with Crippen LogP contribution in [0.5, 0.6) is 5.75 Å². The van der Waals surface area contributed by atoms with Crippen molar-refractivity contribution in [2.24, 2.45) is 28.6 Å². The Labute approximate surface area is 234 Å². The largest absolute Gasteiger partial charge is 0.573 e. The molecule has 7 rings (SSSR count). The predicted octanol–water partition coefficient (Wildman–Crippen LogP) is 6.27.